The van der Waals surface area contributed by atoms with Crippen molar-refractivity contribution in [1.29, 1.82) is 0 Å². The Morgan fingerprint density at radius 1 is 0.778 bits per heavy atom. The highest BCUT2D eigenvalue weighted by atomic mass is 19.4. The van der Waals surface area contributed by atoms with Gasteiger partial charge in [0, 0.05) is 12.0 Å². The monoisotopic (exact) mass is 292 g/mol. The van der Waals surface area contributed by atoms with Crippen molar-refractivity contribution in [3.63, 3.8) is 0 Å². The van der Waals surface area contributed by atoms with Crippen LogP contribution in [0.1, 0.15) is 13.3 Å². The lowest BCUT2D eigenvalue weighted by Crippen LogP contribution is -2.39. The predicted octanol–water partition coefficient (Wildman–Crippen LogP) is 4.72. The summed E-state index contributed by atoms with van der Waals surface area (Å²) >= 11 is 0. The molecule has 0 nitrogen and oxygen atoms in total. The maximum absolute atomic E-state index is 12.5. The van der Waals surface area contributed by atoms with E-state index in [1.165, 1.54) is 0 Å². The number of hydrogen-bond acceptors (Lipinski definition) is 0. The first-order valence-electron chi connectivity index (χ1n) is 4.19. The lowest BCUT2D eigenvalue weighted by Gasteiger charge is -2.22. The van der Waals surface area contributed by atoms with Crippen molar-refractivity contribution in [1.82, 2.24) is 0 Å². The molecule has 18 heavy (non-hydrogen) atoms. The second-order valence-corrected chi connectivity index (χ2v) is 3.37. The van der Waals surface area contributed by atoms with Crippen molar-refractivity contribution < 1.29 is 43.9 Å². The van der Waals surface area contributed by atoms with Crippen LogP contribution >= 0.6 is 0 Å². The molecular weight excluding hydrogens is 286 g/mol. The van der Waals surface area contributed by atoms with E-state index >= 15 is 0 Å². The van der Waals surface area contributed by atoms with Gasteiger partial charge < -0.3 is 0 Å². The molecule has 0 unspecified atom stereocenters. The number of hydrogen-bond donors (Lipinski definition) is 0. The molecule has 0 aromatic heterocycles. The molecule has 0 amide bonds. The maximum atomic E-state index is 12.5. The summed E-state index contributed by atoms with van der Waals surface area (Å²) < 4.78 is 120. The van der Waals surface area contributed by atoms with E-state index in [9.17, 15) is 43.9 Å². The highest BCUT2D eigenvalue weighted by Crippen LogP contribution is 2.43. The van der Waals surface area contributed by atoms with Gasteiger partial charge in [0.25, 0.3) is 0 Å². The Bertz CT molecular complexity index is 318. The molecule has 0 bridgehead atoms. The van der Waals surface area contributed by atoms with Crippen molar-refractivity contribution in [2.45, 2.75) is 37.5 Å². The van der Waals surface area contributed by atoms with Crippen LogP contribution in [0.25, 0.3) is 0 Å². The summed E-state index contributed by atoms with van der Waals surface area (Å²) in [4.78, 5) is 0. The largest absolute Gasteiger partial charge is 0.457 e. The van der Waals surface area contributed by atoms with E-state index in [4.69, 9.17) is 0 Å². The van der Waals surface area contributed by atoms with Gasteiger partial charge in [0.1, 0.15) is 0 Å². The Morgan fingerprint density at radius 3 is 1.44 bits per heavy atom. The van der Waals surface area contributed by atoms with E-state index < -0.39 is 42.3 Å². The van der Waals surface area contributed by atoms with E-state index in [2.05, 4.69) is 0 Å². The standard InChI is InChI=1S/C8H6F10/c1-4(6(11,12)8(16,17)18)2-3-5(9,10)7(13,14)15/h2H,3H2,1H3/b4-2+. The van der Waals surface area contributed by atoms with Crippen LogP contribution in [0.5, 0.6) is 0 Å². The Hall–Kier alpha value is -0.960. The highest BCUT2D eigenvalue weighted by molar-refractivity contribution is 5.14. The van der Waals surface area contributed by atoms with E-state index in [1.54, 1.807) is 0 Å². The van der Waals surface area contributed by atoms with Gasteiger partial charge in [-0.2, -0.15) is 43.9 Å². The van der Waals surface area contributed by atoms with E-state index in [0.29, 0.717) is 0 Å². The van der Waals surface area contributed by atoms with Gasteiger partial charge in [-0.1, -0.05) is 6.08 Å². The number of rotatable bonds is 3. The second kappa shape index (κ2) is 4.61. The minimum atomic E-state index is -6.05. The molecule has 0 saturated carbocycles. The molecule has 0 saturated heterocycles. The average Bonchev–Trinajstić information content (AvgIpc) is 2.10. The molecule has 0 aliphatic carbocycles. The second-order valence-electron chi connectivity index (χ2n) is 3.37. The summed E-state index contributed by atoms with van der Waals surface area (Å²) in [6.07, 6.45) is -14.8. The minimum absolute atomic E-state index is 0.125. The number of allylic oxidation sites excluding steroid dienone is 2. The zero-order valence-electron chi connectivity index (χ0n) is 8.56. The molecule has 10 heteroatoms. The Balaban J connectivity index is 5.05. The van der Waals surface area contributed by atoms with Crippen LogP contribution in [0.4, 0.5) is 43.9 Å². The van der Waals surface area contributed by atoms with Crippen molar-refractivity contribution in [3.05, 3.63) is 11.6 Å². The summed E-state index contributed by atoms with van der Waals surface area (Å²) in [5.74, 6) is -10.8. The third kappa shape index (κ3) is 3.52. The Kier molecular flexibility index (Phi) is 4.37. The minimum Gasteiger partial charge on any atom is -0.196 e. The molecule has 0 fully saturated rings. The summed E-state index contributed by atoms with van der Waals surface area (Å²) in [6, 6.07) is 0. The number of halogens is 10. The van der Waals surface area contributed by atoms with Crippen LogP contribution in [0.15, 0.2) is 11.6 Å². The predicted molar refractivity (Wildman–Crippen MR) is 40.4 cm³/mol. The highest BCUT2D eigenvalue weighted by Gasteiger charge is 2.60. The average molecular weight is 292 g/mol. The lowest BCUT2D eigenvalue weighted by atomic mass is 10.1. The van der Waals surface area contributed by atoms with Crippen LogP contribution in [0, 0.1) is 0 Å². The van der Waals surface area contributed by atoms with Crippen molar-refractivity contribution in [3.8, 4) is 0 Å². The Morgan fingerprint density at radius 2 is 1.17 bits per heavy atom. The lowest BCUT2D eigenvalue weighted by molar-refractivity contribution is -0.281. The van der Waals surface area contributed by atoms with Crippen LogP contribution < -0.4 is 0 Å². The van der Waals surface area contributed by atoms with Crippen LogP contribution in [-0.2, 0) is 0 Å². The van der Waals surface area contributed by atoms with Gasteiger partial charge in [0.2, 0.25) is 0 Å². The van der Waals surface area contributed by atoms with E-state index in [-0.39, 0.29) is 6.92 Å². The van der Waals surface area contributed by atoms with Crippen LogP contribution in [-0.4, -0.2) is 24.2 Å². The molecule has 0 aliphatic rings. The van der Waals surface area contributed by atoms with Gasteiger partial charge >= 0.3 is 24.2 Å². The Labute approximate surface area is 94.3 Å². The molecule has 0 heterocycles. The first-order chi connectivity index (χ1) is 7.63. The summed E-state index contributed by atoms with van der Waals surface area (Å²) in [7, 11) is 0. The SMILES string of the molecule is C/C(=C\CC(F)(F)C(F)(F)F)C(F)(F)C(F)(F)F. The summed E-state index contributed by atoms with van der Waals surface area (Å²) in [5, 5.41) is 0. The molecule has 0 aliphatic heterocycles. The van der Waals surface area contributed by atoms with Gasteiger partial charge in [-0.3, -0.25) is 0 Å². The van der Waals surface area contributed by atoms with Gasteiger partial charge in [0.15, 0.2) is 0 Å². The molecule has 0 N–H and O–H groups in total. The van der Waals surface area contributed by atoms with Crippen molar-refractivity contribution in [2.75, 3.05) is 0 Å². The quantitative estimate of drug-likeness (QED) is 0.521. The van der Waals surface area contributed by atoms with Crippen molar-refractivity contribution >= 4 is 0 Å². The van der Waals surface area contributed by atoms with Gasteiger partial charge in [-0.25, -0.2) is 0 Å². The fourth-order valence-corrected chi connectivity index (χ4v) is 0.749. The van der Waals surface area contributed by atoms with E-state index in [1.807, 2.05) is 0 Å². The van der Waals surface area contributed by atoms with Crippen molar-refractivity contribution in [2.24, 2.45) is 0 Å². The maximum Gasteiger partial charge on any atom is 0.457 e. The molecule has 0 spiro atoms. The molecule has 0 aromatic carbocycles. The molecule has 0 atom stereocenters. The zero-order valence-corrected chi connectivity index (χ0v) is 8.56. The molecule has 108 valence electrons. The molecule has 0 radical (unpaired) electrons. The van der Waals surface area contributed by atoms with E-state index in [0.717, 1.165) is 0 Å². The zero-order chi connectivity index (χ0) is 15.0. The first-order valence-corrected chi connectivity index (χ1v) is 4.19. The van der Waals surface area contributed by atoms with Crippen LogP contribution in [0.3, 0.4) is 0 Å². The van der Waals surface area contributed by atoms with Gasteiger partial charge in [-0.05, 0) is 6.92 Å². The molecule has 0 aromatic rings. The third-order valence-corrected chi connectivity index (χ3v) is 1.93. The topological polar surface area (TPSA) is 0 Å². The van der Waals surface area contributed by atoms with Crippen LogP contribution in [0.2, 0.25) is 0 Å². The smallest absolute Gasteiger partial charge is 0.196 e. The third-order valence-electron chi connectivity index (χ3n) is 1.93. The fourth-order valence-electron chi connectivity index (χ4n) is 0.749. The van der Waals surface area contributed by atoms with Gasteiger partial charge in [-0.15, -0.1) is 0 Å². The van der Waals surface area contributed by atoms with Gasteiger partial charge in [0.05, 0.1) is 0 Å². The summed E-state index contributed by atoms with van der Waals surface area (Å²) in [6.45, 7) is 0.125. The number of alkyl halides is 10. The molecular formula is C8H6F10. The fraction of sp³-hybridized carbons (Fsp3) is 0.750. The first kappa shape index (κ1) is 17.0. The molecule has 0 rings (SSSR count). The summed E-state index contributed by atoms with van der Waals surface area (Å²) in [5.41, 5.74) is -1.92. The normalized spacial score (nSPS) is 16.1.